The summed E-state index contributed by atoms with van der Waals surface area (Å²) in [5.74, 6) is -1.37. The molecule has 0 saturated heterocycles. The molecular weight excluding hydrogens is 469 g/mol. The van der Waals surface area contributed by atoms with Gasteiger partial charge in [-0.05, 0) is 30.2 Å². The molecule has 2 N–H and O–H groups in total. The molecule has 0 atom stereocenters. The molecule has 2 rings (SSSR count). The average Bonchev–Trinajstić information content (AvgIpc) is 2.97. The van der Waals surface area contributed by atoms with Gasteiger partial charge in [0.25, 0.3) is 5.91 Å². The molecule has 12 heteroatoms. The summed E-state index contributed by atoms with van der Waals surface area (Å²) >= 11 is 5.92. The van der Waals surface area contributed by atoms with E-state index in [1.165, 1.54) is 45.3 Å². The SMILES string of the molecule is CNC(=N)Cn1c(C(=O)N(C)CCS(C)(=O)=O)c(-c2ccc(Cl)cc2)c(C)c1C(F)(F)F. The Hall–Kier alpha value is -2.53. The highest BCUT2D eigenvalue weighted by molar-refractivity contribution is 7.90. The van der Waals surface area contributed by atoms with Crippen LogP contribution in [0.4, 0.5) is 13.2 Å². The molecule has 0 fully saturated rings. The van der Waals surface area contributed by atoms with Gasteiger partial charge in [-0.15, -0.1) is 0 Å². The molecule has 7 nitrogen and oxygen atoms in total. The van der Waals surface area contributed by atoms with Crippen molar-refractivity contribution in [2.75, 3.05) is 32.6 Å². The van der Waals surface area contributed by atoms with E-state index in [0.29, 0.717) is 10.6 Å². The second-order valence-corrected chi connectivity index (χ2v) is 10.1. The predicted octanol–water partition coefficient (Wildman–Crippen LogP) is 3.45. The van der Waals surface area contributed by atoms with Crippen LogP contribution in [-0.2, 0) is 22.6 Å². The molecule has 176 valence electrons. The smallest absolute Gasteiger partial charge is 0.376 e. The number of benzene rings is 1. The summed E-state index contributed by atoms with van der Waals surface area (Å²) in [5, 5.41) is 10.7. The van der Waals surface area contributed by atoms with Crippen molar-refractivity contribution in [1.29, 1.82) is 5.41 Å². The first-order valence-corrected chi connectivity index (χ1v) is 11.9. The number of nitrogens with zero attached hydrogens (tertiary/aromatic N) is 2. The van der Waals surface area contributed by atoms with Crippen molar-refractivity contribution in [3.8, 4) is 11.1 Å². The van der Waals surface area contributed by atoms with Crippen LogP contribution in [0.15, 0.2) is 24.3 Å². The topological polar surface area (TPSA) is 95.3 Å². The van der Waals surface area contributed by atoms with E-state index in [9.17, 15) is 26.4 Å². The van der Waals surface area contributed by atoms with Crippen molar-refractivity contribution in [1.82, 2.24) is 14.8 Å². The van der Waals surface area contributed by atoms with E-state index in [0.717, 1.165) is 15.7 Å². The number of hydrogen-bond donors (Lipinski definition) is 2. The number of alkyl halides is 3. The number of amidine groups is 1. The fourth-order valence-corrected chi connectivity index (χ4v) is 4.01. The number of carbonyl (C=O) groups excluding carboxylic acids is 1. The number of carbonyl (C=O) groups is 1. The number of aromatic nitrogens is 1. The fraction of sp³-hybridized carbons (Fsp3) is 0.400. The van der Waals surface area contributed by atoms with Crippen molar-refractivity contribution in [2.45, 2.75) is 19.6 Å². The second-order valence-electron chi connectivity index (χ2n) is 7.37. The minimum absolute atomic E-state index is 0.0501. The first-order chi connectivity index (χ1) is 14.7. The zero-order chi connectivity index (χ0) is 24.4. The number of rotatable bonds is 7. The quantitative estimate of drug-likeness (QED) is 0.457. The van der Waals surface area contributed by atoms with Crippen molar-refractivity contribution < 1.29 is 26.4 Å². The average molecular weight is 493 g/mol. The summed E-state index contributed by atoms with van der Waals surface area (Å²) in [6.07, 6.45) is -3.80. The number of hydrogen-bond acceptors (Lipinski definition) is 4. The molecule has 32 heavy (non-hydrogen) atoms. The third-order valence-corrected chi connectivity index (χ3v) is 6.05. The van der Waals surface area contributed by atoms with E-state index in [2.05, 4.69) is 5.32 Å². The maximum atomic E-state index is 14.1. The highest BCUT2D eigenvalue weighted by Crippen LogP contribution is 2.41. The van der Waals surface area contributed by atoms with Crippen molar-refractivity contribution in [2.24, 2.45) is 0 Å². The van der Waals surface area contributed by atoms with Gasteiger partial charge in [0.15, 0.2) is 0 Å². The van der Waals surface area contributed by atoms with Crippen LogP contribution >= 0.6 is 11.6 Å². The monoisotopic (exact) mass is 492 g/mol. The lowest BCUT2D eigenvalue weighted by Gasteiger charge is -2.21. The number of amides is 1. The highest BCUT2D eigenvalue weighted by Gasteiger charge is 2.41. The zero-order valence-electron chi connectivity index (χ0n) is 18.0. The van der Waals surface area contributed by atoms with Crippen LogP contribution in [0.1, 0.15) is 21.7 Å². The van der Waals surface area contributed by atoms with Crippen LogP contribution in [0.25, 0.3) is 11.1 Å². The molecule has 0 aliphatic rings. The van der Waals surface area contributed by atoms with Crippen LogP contribution in [0.3, 0.4) is 0 Å². The van der Waals surface area contributed by atoms with E-state index < -0.39 is 34.2 Å². The van der Waals surface area contributed by atoms with E-state index in [1.807, 2.05) is 0 Å². The first kappa shape index (κ1) is 25.7. The molecule has 1 amide bonds. The van der Waals surface area contributed by atoms with Crippen LogP contribution in [0, 0.1) is 12.3 Å². The molecule has 0 radical (unpaired) electrons. The Morgan fingerprint density at radius 1 is 1.25 bits per heavy atom. The van der Waals surface area contributed by atoms with Crippen LogP contribution in [0.2, 0.25) is 5.02 Å². The molecule has 0 aliphatic carbocycles. The molecular formula is C20H24ClF3N4O3S. The maximum Gasteiger partial charge on any atom is 0.431 e. The van der Waals surface area contributed by atoms with Crippen LogP contribution in [-0.4, -0.2) is 62.3 Å². The summed E-state index contributed by atoms with van der Waals surface area (Å²) in [6, 6.07) is 6.01. The Morgan fingerprint density at radius 3 is 2.28 bits per heavy atom. The van der Waals surface area contributed by atoms with Gasteiger partial charge >= 0.3 is 6.18 Å². The van der Waals surface area contributed by atoms with E-state index in [1.54, 1.807) is 0 Å². The number of nitrogens with one attached hydrogen (secondary N) is 2. The van der Waals surface area contributed by atoms with Crippen molar-refractivity contribution in [3.05, 3.63) is 46.2 Å². The molecule has 1 aromatic heterocycles. The van der Waals surface area contributed by atoms with Gasteiger partial charge in [-0.2, -0.15) is 13.2 Å². The third-order valence-electron chi connectivity index (χ3n) is 4.87. The molecule has 2 aromatic rings. The molecule has 0 spiro atoms. The molecule has 0 aliphatic heterocycles. The molecule has 0 unspecified atom stereocenters. The minimum atomic E-state index is -4.80. The summed E-state index contributed by atoms with van der Waals surface area (Å²) in [6.45, 7) is 0.535. The van der Waals surface area contributed by atoms with Gasteiger partial charge in [0, 0.05) is 37.5 Å². The molecule has 1 aromatic carbocycles. The van der Waals surface area contributed by atoms with Gasteiger partial charge < -0.3 is 14.8 Å². The number of halogens is 4. The molecule has 0 saturated carbocycles. The van der Waals surface area contributed by atoms with E-state index >= 15 is 0 Å². The lowest BCUT2D eigenvalue weighted by Crippen LogP contribution is -2.35. The van der Waals surface area contributed by atoms with Gasteiger partial charge in [0.05, 0.1) is 12.3 Å². The van der Waals surface area contributed by atoms with Gasteiger partial charge in [-0.25, -0.2) is 8.42 Å². The Kier molecular flexibility index (Phi) is 7.67. The summed E-state index contributed by atoms with van der Waals surface area (Å²) in [4.78, 5) is 14.4. The van der Waals surface area contributed by atoms with Crippen LogP contribution in [0.5, 0.6) is 0 Å². The minimum Gasteiger partial charge on any atom is -0.376 e. The second kappa shape index (κ2) is 9.53. The first-order valence-electron chi connectivity index (χ1n) is 9.42. The summed E-state index contributed by atoms with van der Waals surface area (Å²) in [5.41, 5.74) is -1.12. The summed E-state index contributed by atoms with van der Waals surface area (Å²) in [7, 11) is -0.684. The van der Waals surface area contributed by atoms with Gasteiger partial charge in [-0.3, -0.25) is 10.2 Å². The zero-order valence-corrected chi connectivity index (χ0v) is 19.5. The standard InChI is InChI=1S/C20H24ClF3N4O3S/c1-12-16(13-5-7-14(21)8-6-13)17(19(29)27(3)9-10-32(4,30)31)28(11-15(25)26-2)18(12)20(22,23)24/h5-8H,9-11H2,1-4H3,(H2,25,26). The maximum absolute atomic E-state index is 14.1. The Bertz CT molecular complexity index is 1130. The van der Waals surface area contributed by atoms with Gasteiger partial charge in [0.1, 0.15) is 27.1 Å². The Morgan fingerprint density at radius 2 is 1.81 bits per heavy atom. The van der Waals surface area contributed by atoms with Crippen LogP contribution < -0.4 is 5.32 Å². The Labute approximate surface area is 189 Å². The molecule has 0 bridgehead atoms. The summed E-state index contributed by atoms with van der Waals surface area (Å²) < 4.78 is 66.0. The predicted molar refractivity (Wildman–Crippen MR) is 118 cm³/mol. The van der Waals surface area contributed by atoms with Gasteiger partial charge in [0.2, 0.25) is 0 Å². The number of sulfone groups is 1. The normalized spacial score (nSPS) is 12.0. The molecule has 1 heterocycles. The Balaban J connectivity index is 2.80. The third kappa shape index (κ3) is 5.83. The largest absolute Gasteiger partial charge is 0.431 e. The van der Waals surface area contributed by atoms with E-state index in [-0.39, 0.29) is 35.0 Å². The number of likely N-dealkylation sites (N-methyl/N-ethyl adjacent to an activating group) is 1. The van der Waals surface area contributed by atoms with E-state index in [4.69, 9.17) is 17.0 Å². The van der Waals surface area contributed by atoms with Crippen molar-refractivity contribution >= 4 is 33.2 Å². The van der Waals surface area contributed by atoms with Crippen molar-refractivity contribution in [3.63, 3.8) is 0 Å². The fourth-order valence-electron chi connectivity index (χ4n) is 3.28. The lowest BCUT2D eigenvalue weighted by atomic mass is 10.0. The van der Waals surface area contributed by atoms with Gasteiger partial charge in [-0.1, -0.05) is 23.7 Å². The highest BCUT2D eigenvalue weighted by atomic mass is 35.5. The lowest BCUT2D eigenvalue weighted by molar-refractivity contribution is -0.143.